The topological polar surface area (TPSA) is 46.6 Å². The Hall–Kier alpha value is -1.76. The Bertz CT molecular complexity index is 644. The normalized spacial score (nSPS) is 11.5. The number of hydrogen-bond acceptors (Lipinski definition) is 4. The molecule has 0 aliphatic carbocycles. The lowest BCUT2D eigenvalue weighted by Gasteiger charge is -2.17. The number of benzene rings is 2. The van der Waals surface area contributed by atoms with E-state index in [1.807, 2.05) is 0 Å². The molecule has 0 amide bonds. The minimum absolute atomic E-state index is 0.0627. The van der Waals surface area contributed by atoms with Gasteiger partial charge in [0.2, 0.25) is 0 Å². The van der Waals surface area contributed by atoms with Crippen molar-refractivity contribution in [3.05, 3.63) is 54.7 Å². The Balaban J connectivity index is 0.000000595. The highest BCUT2D eigenvalue weighted by atomic mass is 127. The molecule has 0 atom stereocenters. The number of fused-ring (bicyclic) bond motifs is 2. The Morgan fingerprint density at radius 3 is 1.65 bits per heavy atom. The lowest BCUT2D eigenvalue weighted by molar-refractivity contribution is -0.601. The van der Waals surface area contributed by atoms with Crippen LogP contribution in [0.25, 0.3) is 0 Å². The number of carboxylic acid groups (broad SMARTS) is 1. The Kier molecular flexibility index (Phi) is 5.87. The van der Waals surface area contributed by atoms with E-state index in [1.165, 1.54) is 22.5 Å². The van der Waals surface area contributed by atoms with Crippen molar-refractivity contribution in [3.8, 4) is 0 Å². The molecule has 0 N–H and O–H groups in total. The molecule has 5 heteroatoms. The maximum Gasteiger partial charge on any atom is 0.358 e. The second-order valence-electron chi connectivity index (χ2n) is 5.71. The van der Waals surface area contributed by atoms with Crippen LogP contribution in [0.3, 0.4) is 0 Å². The molecular formula is C18H21IN2O2. The smallest absolute Gasteiger partial charge is 0.358 e. The minimum atomic E-state index is -0.500. The fraction of sp³-hybridized carbons (Fsp3) is 0.278. The summed E-state index contributed by atoms with van der Waals surface area (Å²) in [6.07, 6.45) is 1.09. The van der Waals surface area contributed by atoms with Crippen molar-refractivity contribution >= 4 is 17.8 Å². The van der Waals surface area contributed by atoms with E-state index in [0.29, 0.717) is 0 Å². The molecular weight excluding hydrogens is 403 g/mol. The fourth-order valence-electron chi connectivity index (χ4n) is 2.41. The van der Waals surface area contributed by atoms with E-state index in [0.717, 1.165) is 6.42 Å². The third-order valence-corrected chi connectivity index (χ3v) is 6.86. The highest BCUT2D eigenvalue weighted by Crippen LogP contribution is 2.20. The molecule has 2 aromatic rings. The molecule has 0 saturated heterocycles. The van der Waals surface area contributed by atoms with Gasteiger partial charge >= 0.3 is 21.2 Å². The molecule has 0 spiro atoms. The van der Waals surface area contributed by atoms with Gasteiger partial charge in [0.25, 0.3) is 0 Å². The van der Waals surface area contributed by atoms with Gasteiger partial charge in [-0.25, -0.2) is 0 Å². The molecule has 2 aromatic carbocycles. The van der Waals surface area contributed by atoms with Crippen molar-refractivity contribution in [2.24, 2.45) is 0 Å². The predicted molar refractivity (Wildman–Crippen MR) is 87.8 cm³/mol. The van der Waals surface area contributed by atoms with Gasteiger partial charge in [-0.15, -0.1) is 0 Å². The third kappa shape index (κ3) is 4.16. The zero-order chi connectivity index (χ0) is 17.0. The highest BCUT2D eigenvalue weighted by Gasteiger charge is 2.30. The molecule has 122 valence electrons. The molecule has 1 aliphatic heterocycles. The van der Waals surface area contributed by atoms with Crippen molar-refractivity contribution in [1.29, 1.82) is 0 Å². The van der Waals surface area contributed by atoms with Gasteiger partial charge in [0.1, 0.15) is 0 Å². The maximum atomic E-state index is 8.25. The van der Waals surface area contributed by atoms with E-state index in [4.69, 9.17) is 9.90 Å². The van der Waals surface area contributed by atoms with Crippen LogP contribution in [0, 0.1) is 7.14 Å². The van der Waals surface area contributed by atoms with E-state index in [1.54, 1.807) is 7.14 Å². The summed E-state index contributed by atoms with van der Waals surface area (Å²) >= 11 is -0.0627. The average molecular weight is 424 g/mol. The van der Waals surface area contributed by atoms with E-state index < -0.39 is 6.47 Å². The maximum absolute atomic E-state index is 8.25. The molecule has 0 fully saturated rings. The van der Waals surface area contributed by atoms with Crippen molar-refractivity contribution in [2.75, 3.05) is 38.0 Å². The first kappa shape index (κ1) is 17.6. The third-order valence-electron chi connectivity index (χ3n) is 3.69. The summed E-state index contributed by atoms with van der Waals surface area (Å²) in [6, 6.07) is 13.9. The molecule has 0 bridgehead atoms. The van der Waals surface area contributed by atoms with Gasteiger partial charge in [0, 0.05) is 75.7 Å². The number of halogens is 1. The first-order chi connectivity index (χ1) is 11.0. The molecule has 3 rings (SSSR count). The molecule has 4 nitrogen and oxygen atoms in total. The second kappa shape index (κ2) is 7.68. The average Bonchev–Trinajstić information content (AvgIpc) is 2.52. The Morgan fingerprint density at radius 2 is 1.30 bits per heavy atom. The zero-order valence-corrected chi connectivity index (χ0v) is 16.0. The number of carbonyl (C=O) groups excluding carboxylic acids is 1. The van der Waals surface area contributed by atoms with Crippen LogP contribution in [0.4, 0.5) is 11.4 Å². The van der Waals surface area contributed by atoms with Crippen molar-refractivity contribution < 1.29 is 31.1 Å². The van der Waals surface area contributed by atoms with Crippen LogP contribution in [0.1, 0.15) is 11.1 Å². The second-order valence-corrected chi connectivity index (χ2v) is 8.57. The molecule has 0 saturated carbocycles. The van der Waals surface area contributed by atoms with Crippen LogP contribution in [0.2, 0.25) is 0 Å². The van der Waals surface area contributed by atoms with Crippen LogP contribution in [-0.2, 0) is 11.2 Å². The Morgan fingerprint density at radius 1 is 0.913 bits per heavy atom. The van der Waals surface area contributed by atoms with Crippen LogP contribution >= 0.6 is 0 Å². The number of rotatable bonds is 2. The summed E-state index contributed by atoms with van der Waals surface area (Å²) in [4.78, 5) is 12.6. The van der Waals surface area contributed by atoms with E-state index in [-0.39, 0.29) is 21.2 Å². The predicted octanol–water partition coefficient (Wildman–Crippen LogP) is -1.78. The monoisotopic (exact) mass is 424 g/mol. The SMILES string of the molecule is CN(C)c1ccc2c(c1)[I+]c1cc(N(C)C)ccc1C2.O=C[O-]. The summed E-state index contributed by atoms with van der Waals surface area (Å²) in [5.74, 6) is 0. The number of nitrogens with zero attached hydrogens (tertiary/aromatic N) is 2. The van der Waals surface area contributed by atoms with Gasteiger partial charge in [0.15, 0.2) is 7.14 Å². The summed E-state index contributed by atoms with van der Waals surface area (Å²) in [6.45, 7) is -0.500. The number of carbonyl (C=O) groups is 1. The quantitative estimate of drug-likeness (QED) is 0.361. The van der Waals surface area contributed by atoms with Crippen molar-refractivity contribution in [2.45, 2.75) is 6.42 Å². The zero-order valence-electron chi connectivity index (χ0n) is 13.8. The van der Waals surface area contributed by atoms with Crippen LogP contribution < -0.4 is 36.1 Å². The van der Waals surface area contributed by atoms with Crippen molar-refractivity contribution in [1.82, 2.24) is 0 Å². The molecule has 0 unspecified atom stereocenters. The van der Waals surface area contributed by atoms with E-state index in [9.17, 15) is 0 Å². The van der Waals surface area contributed by atoms with Crippen molar-refractivity contribution in [3.63, 3.8) is 0 Å². The van der Waals surface area contributed by atoms with Gasteiger partial charge in [-0.05, 0) is 12.1 Å². The lowest BCUT2D eigenvalue weighted by atomic mass is 10.0. The summed E-state index contributed by atoms with van der Waals surface area (Å²) in [7, 11) is 8.45. The van der Waals surface area contributed by atoms with Gasteiger partial charge in [-0.3, -0.25) is 0 Å². The Labute approximate surface area is 148 Å². The molecule has 1 heterocycles. The largest absolute Gasteiger partial charge is 0.554 e. The van der Waals surface area contributed by atoms with E-state index >= 15 is 0 Å². The standard InChI is InChI=1S/C17H20IN2.CH2O2/c1-19(2)14-7-5-12-9-13-6-8-15(20(3)4)11-17(13)18-16(12)10-14;2-1-3/h5-8,10-11H,9H2,1-4H3;1H,(H,2,3)/q+1;/p-1. The van der Waals surface area contributed by atoms with Gasteiger partial charge in [0.05, 0.1) is 0 Å². The molecule has 0 aromatic heterocycles. The summed E-state index contributed by atoms with van der Waals surface area (Å²) < 4.78 is 3.16. The van der Waals surface area contributed by atoms with Crippen LogP contribution in [0.5, 0.6) is 0 Å². The molecule has 1 aliphatic rings. The fourth-order valence-corrected chi connectivity index (χ4v) is 5.42. The first-order valence-corrected chi connectivity index (χ1v) is 9.43. The van der Waals surface area contributed by atoms with E-state index in [2.05, 4.69) is 74.4 Å². The van der Waals surface area contributed by atoms with Crippen LogP contribution in [0.15, 0.2) is 36.4 Å². The highest BCUT2D eigenvalue weighted by molar-refractivity contribution is 5.49. The number of hydrogen-bond donors (Lipinski definition) is 0. The first-order valence-electron chi connectivity index (χ1n) is 7.27. The van der Waals surface area contributed by atoms with Gasteiger partial charge < -0.3 is 19.7 Å². The number of anilines is 2. The summed E-state index contributed by atoms with van der Waals surface area (Å²) in [5.41, 5.74) is 5.67. The lowest BCUT2D eigenvalue weighted by Crippen LogP contribution is -3.62. The van der Waals surface area contributed by atoms with Gasteiger partial charge in [-0.1, -0.05) is 12.1 Å². The summed E-state index contributed by atoms with van der Waals surface area (Å²) in [5, 5.41) is 8.25. The van der Waals surface area contributed by atoms with Crippen LogP contribution in [-0.4, -0.2) is 34.7 Å². The minimum Gasteiger partial charge on any atom is -0.554 e. The molecule has 23 heavy (non-hydrogen) atoms. The van der Waals surface area contributed by atoms with Gasteiger partial charge in [-0.2, -0.15) is 0 Å². The molecule has 0 radical (unpaired) electrons.